The first-order chi connectivity index (χ1) is 16.8. The lowest BCUT2D eigenvalue weighted by Crippen LogP contribution is -2.54. The van der Waals surface area contributed by atoms with Crippen LogP contribution >= 0.6 is 34.8 Å². The molecular weight excluding hydrogens is 501 g/mol. The highest BCUT2D eigenvalue weighted by Gasteiger charge is 2.57. The van der Waals surface area contributed by atoms with Crippen molar-refractivity contribution in [3.05, 3.63) is 104 Å². The topological polar surface area (TPSA) is 70.1 Å². The Balaban J connectivity index is 1.53. The predicted molar refractivity (Wildman–Crippen MR) is 139 cm³/mol. The maximum absolute atomic E-state index is 13.5. The van der Waals surface area contributed by atoms with E-state index in [4.69, 9.17) is 45.8 Å². The fourth-order valence-corrected chi connectivity index (χ4v) is 6.58. The van der Waals surface area contributed by atoms with Gasteiger partial charge in [-0.15, -0.1) is 0 Å². The van der Waals surface area contributed by atoms with E-state index >= 15 is 0 Å². The van der Waals surface area contributed by atoms with Crippen molar-refractivity contribution >= 4 is 40.7 Å². The fourth-order valence-electron chi connectivity index (χ4n) is 5.91. The number of rotatable bonds is 4. The van der Waals surface area contributed by atoms with Gasteiger partial charge >= 0.3 is 0 Å². The maximum atomic E-state index is 13.5. The molecule has 1 heterocycles. The molecule has 2 fully saturated rings. The first-order valence-corrected chi connectivity index (χ1v) is 12.7. The van der Waals surface area contributed by atoms with Gasteiger partial charge in [-0.25, -0.2) is 0 Å². The van der Waals surface area contributed by atoms with Crippen LogP contribution in [-0.2, 0) is 16.9 Å². The van der Waals surface area contributed by atoms with Crippen LogP contribution in [-0.4, -0.2) is 17.4 Å². The number of benzene rings is 3. The number of halogens is 3. The van der Waals surface area contributed by atoms with Crippen LogP contribution in [0.15, 0.2) is 66.7 Å². The van der Waals surface area contributed by atoms with Gasteiger partial charge in [0.15, 0.2) is 0 Å². The summed E-state index contributed by atoms with van der Waals surface area (Å²) in [5.74, 6) is -0.224. The third kappa shape index (κ3) is 4.32. The van der Waals surface area contributed by atoms with Gasteiger partial charge in [0.2, 0.25) is 5.91 Å². The van der Waals surface area contributed by atoms with Crippen LogP contribution in [0.2, 0.25) is 15.1 Å². The van der Waals surface area contributed by atoms with E-state index in [-0.39, 0.29) is 23.7 Å². The van der Waals surface area contributed by atoms with Gasteiger partial charge in [0.1, 0.15) is 0 Å². The smallest absolute Gasteiger partial charge is 0.226 e. The molecule has 2 aliphatic rings. The summed E-state index contributed by atoms with van der Waals surface area (Å²) in [5, 5.41) is 10.9. The van der Waals surface area contributed by atoms with Gasteiger partial charge in [-0.05, 0) is 65.9 Å². The first-order valence-electron chi connectivity index (χ1n) is 11.6. The molecule has 3 aromatic carbocycles. The van der Waals surface area contributed by atoms with E-state index in [1.54, 1.807) is 18.2 Å². The van der Waals surface area contributed by atoms with Crippen molar-refractivity contribution in [2.24, 2.45) is 17.6 Å². The number of likely N-dealkylation sites (tertiary alicyclic amines) is 1. The lowest BCUT2D eigenvalue weighted by molar-refractivity contribution is -0.132. The van der Waals surface area contributed by atoms with Crippen LogP contribution in [0.25, 0.3) is 0 Å². The lowest BCUT2D eigenvalue weighted by Gasteiger charge is -2.48. The van der Waals surface area contributed by atoms with Crippen LogP contribution in [0.5, 0.6) is 0 Å². The molecule has 1 saturated heterocycles. The van der Waals surface area contributed by atoms with Gasteiger partial charge in [-0.3, -0.25) is 4.79 Å². The quantitative estimate of drug-likeness (QED) is 0.422. The molecule has 0 radical (unpaired) electrons. The summed E-state index contributed by atoms with van der Waals surface area (Å²) in [6, 6.07) is 22.7. The molecule has 35 heavy (non-hydrogen) atoms. The molecule has 0 bridgehead atoms. The van der Waals surface area contributed by atoms with Crippen LogP contribution in [0, 0.1) is 23.2 Å². The zero-order valence-corrected chi connectivity index (χ0v) is 21.2. The van der Waals surface area contributed by atoms with Crippen LogP contribution in [0.3, 0.4) is 0 Å². The number of hydrogen-bond acceptors (Lipinski definition) is 3. The number of amides is 1. The van der Waals surface area contributed by atoms with E-state index in [0.717, 1.165) is 29.5 Å². The van der Waals surface area contributed by atoms with Crippen LogP contribution in [0.1, 0.15) is 41.0 Å². The molecule has 1 saturated carbocycles. The van der Waals surface area contributed by atoms with Gasteiger partial charge in [0.05, 0.1) is 17.2 Å². The summed E-state index contributed by atoms with van der Waals surface area (Å²) in [7, 11) is 0. The zero-order chi connectivity index (χ0) is 24.7. The lowest BCUT2D eigenvalue weighted by atomic mass is 9.58. The summed E-state index contributed by atoms with van der Waals surface area (Å²) in [6.07, 6.45) is 1.47. The number of nitrogens with two attached hydrogens (primary N) is 1. The SMILES string of the molecule is N#Cc1ccc(CN2C[C@@H]3[C@@H](CC[C@@H](c4ccc(Cl)cc4Cl)[C@]3(N)c3ccc(Cl)cc3)C2=O)cc1. The summed E-state index contributed by atoms with van der Waals surface area (Å²) in [4.78, 5) is 15.5. The third-order valence-corrected chi connectivity index (χ3v) is 8.44. The van der Waals surface area contributed by atoms with E-state index in [1.165, 1.54) is 0 Å². The van der Waals surface area contributed by atoms with Gasteiger partial charge in [0, 0.05) is 45.9 Å². The molecule has 4 atom stereocenters. The van der Waals surface area contributed by atoms with E-state index in [2.05, 4.69) is 6.07 Å². The molecule has 0 aromatic heterocycles. The molecule has 1 aliphatic heterocycles. The number of fused-ring (bicyclic) bond motifs is 1. The largest absolute Gasteiger partial charge is 0.338 e. The first kappa shape index (κ1) is 24.2. The second kappa shape index (κ2) is 9.48. The van der Waals surface area contributed by atoms with E-state index in [1.807, 2.05) is 53.4 Å². The van der Waals surface area contributed by atoms with Crippen molar-refractivity contribution in [3.63, 3.8) is 0 Å². The summed E-state index contributed by atoms with van der Waals surface area (Å²) < 4.78 is 0. The van der Waals surface area contributed by atoms with Crippen molar-refractivity contribution in [1.82, 2.24) is 4.90 Å². The van der Waals surface area contributed by atoms with E-state index in [0.29, 0.717) is 33.7 Å². The maximum Gasteiger partial charge on any atom is 0.226 e. The molecule has 2 N–H and O–H groups in total. The van der Waals surface area contributed by atoms with Gasteiger partial charge in [-0.1, -0.05) is 65.1 Å². The molecule has 1 amide bonds. The average Bonchev–Trinajstić information content (AvgIpc) is 3.17. The summed E-state index contributed by atoms with van der Waals surface area (Å²) in [6.45, 7) is 1.03. The highest BCUT2D eigenvalue weighted by molar-refractivity contribution is 6.35. The minimum absolute atomic E-state index is 0.0858. The minimum Gasteiger partial charge on any atom is -0.338 e. The Bertz CT molecular complexity index is 1300. The predicted octanol–water partition coefficient (Wildman–Crippen LogP) is 6.52. The Morgan fingerprint density at radius 2 is 1.66 bits per heavy atom. The molecule has 4 nitrogen and oxygen atoms in total. The highest BCUT2D eigenvalue weighted by atomic mass is 35.5. The average molecular weight is 525 g/mol. The molecule has 5 rings (SSSR count). The number of carbonyl (C=O) groups is 1. The fraction of sp³-hybridized carbons (Fsp3) is 0.286. The van der Waals surface area contributed by atoms with Crippen molar-refractivity contribution in [3.8, 4) is 6.07 Å². The van der Waals surface area contributed by atoms with Crippen LogP contribution in [0.4, 0.5) is 0 Å². The molecule has 0 unspecified atom stereocenters. The Labute approximate surface area is 220 Å². The number of carbonyl (C=O) groups excluding carboxylic acids is 1. The van der Waals surface area contributed by atoms with Crippen LogP contribution < -0.4 is 5.73 Å². The van der Waals surface area contributed by atoms with Crippen molar-refractivity contribution < 1.29 is 4.79 Å². The van der Waals surface area contributed by atoms with Crippen molar-refractivity contribution in [2.45, 2.75) is 30.8 Å². The third-order valence-electron chi connectivity index (χ3n) is 7.63. The Morgan fingerprint density at radius 3 is 2.31 bits per heavy atom. The Hall–Kier alpha value is -2.55. The summed E-state index contributed by atoms with van der Waals surface area (Å²) in [5.41, 5.74) is 10.1. The van der Waals surface area contributed by atoms with Gasteiger partial charge in [0.25, 0.3) is 0 Å². The second-order valence-corrected chi connectivity index (χ2v) is 10.8. The number of nitriles is 1. The molecular formula is C28H24Cl3N3O. The van der Waals surface area contributed by atoms with Crippen molar-refractivity contribution in [2.75, 3.05) is 6.54 Å². The summed E-state index contributed by atoms with van der Waals surface area (Å²) >= 11 is 19.1. The molecule has 0 spiro atoms. The van der Waals surface area contributed by atoms with Crippen molar-refractivity contribution in [1.29, 1.82) is 5.26 Å². The van der Waals surface area contributed by atoms with E-state index < -0.39 is 5.54 Å². The Kier molecular flexibility index (Phi) is 6.55. The second-order valence-electron chi connectivity index (χ2n) is 9.48. The Morgan fingerprint density at radius 1 is 0.971 bits per heavy atom. The van der Waals surface area contributed by atoms with Gasteiger partial charge < -0.3 is 10.6 Å². The molecule has 7 heteroatoms. The zero-order valence-electron chi connectivity index (χ0n) is 18.9. The normalized spacial score (nSPS) is 25.9. The number of hydrogen-bond donors (Lipinski definition) is 1. The number of nitrogens with zero attached hydrogens (tertiary/aromatic N) is 2. The molecule has 1 aliphatic carbocycles. The highest BCUT2D eigenvalue weighted by Crippen LogP contribution is 2.55. The standard InChI is InChI=1S/C28H24Cl3N3O/c29-20-7-5-19(6-8-20)28(33)24(22-10-9-21(30)13-26(22)31)12-11-23-25(28)16-34(27(23)35)15-18-3-1-17(14-32)2-4-18/h1-10,13,23-25H,11-12,15-16,33H2/t23-,24+,25-,28-/m1/s1. The minimum atomic E-state index is -0.819. The van der Waals surface area contributed by atoms with E-state index in [9.17, 15) is 4.79 Å². The monoisotopic (exact) mass is 523 g/mol. The molecule has 3 aromatic rings. The molecule has 178 valence electrons. The van der Waals surface area contributed by atoms with Gasteiger partial charge in [-0.2, -0.15) is 5.26 Å².